The quantitative estimate of drug-likeness (QED) is 0.868. The summed E-state index contributed by atoms with van der Waals surface area (Å²) in [4.78, 5) is 16.5. The molecule has 1 fully saturated rings. The highest BCUT2D eigenvalue weighted by Crippen LogP contribution is 2.31. The van der Waals surface area contributed by atoms with Crippen LogP contribution in [0, 0.1) is 5.92 Å². The van der Waals surface area contributed by atoms with Gasteiger partial charge in [-0.1, -0.05) is 12.1 Å². The van der Waals surface area contributed by atoms with E-state index < -0.39 is 11.7 Å². The zero-order valence-corrected chi connectivity index (χ0v) is 14.2. The Labute approximate surface area is 147 Å². The maximum Gasteiger partial charge on any atom is 0.416 e. The SMILES string of the molecule is O=C(NCc1csc(-c2ccc(C(F)(F)F)cc2)n1)C1CCCNC1. The summed E-state index contributed by atoms with van der Waals surface area (Å²) in [5.41, 5.74) is 0.658. The summed E-state index contributed by atoms with van der Waals surface area (Å²) in [5.74, 6) is -0.00181. The largest absolute Gasteiger partial charge is 0.416 e. The highest BCUT2D eigenvalue weighted by molar-refractivity contribution is 7.13. The third-order valence-electron chi connectivity index (χ3n) is 4.12. The number of hydrogen-bond donors (Lipinski definition) is 2. The number of benzene rings is 1. The molecule has 0 bridgehead atoms. The van der Waals surface area contributed by atoms with E-state index in [1.165, 1.54) is 23.5 Å². The number of piperidine rings is 1. The number of carbonyl (C=O) groups is 1. The molecule has 8 heteroatoms. The molecule has 2 N–H and O–H groups in total. The Morgan fingerprint density at radius 2 is 2.08 bits per heavy atom. The van der Waals surface area contributed by atoms with Gasteiger partial charge >= 0.3 is 6.18 Å². The first-order chi connectivity index (χ1) is 11.9. The molecule has 4 nitrogen and oxygen atoms in total. The number of aromatic nitrogens is 1. The van der Waals surface area contributed by atoms with Gasteiger partial charge in [0, 0.05) is 17.5 Å². The number of hydrogen-bond acceptors (Lipinski definition) is 4. The molecule has 1 amide bonds. The average molecular weight is 369 g/mol. The molecule has 1 unspecified atom stereocenters. The maximum absolute atomic E-state index is 12.6. The van der Waals surface area contributed by atoms with Crippen LogP contribution in [0.4, 0.5) is 13.2 Å². The second kappa shape index (κ2) is 7.53. The number of amides is 1. The predicted octanol–water partition coefficient (Wildman–Crippen LogP) is 3.44. The summed E-state index contributed by atoms with van der Waals surface area (Å²) in [6.45, 7) is 1.97. The zero-order chi connectivity index (χ0) is 17.9. The van der Waals surface area contributed by atoms with Crippen LogP contribution < -0.4 is 10.6 Å². The van der Waals surface area contributed by atoms with Crippen LogP contribution in [0.25, 0.3) is 10.6 Å². The van der Waals surface area contributed by atoms with Gasteiger partial charge in [-0.25, -0.2) is 4.98 Å². The topological polar surface area (TPSA) is 54.0 Å². The fourth-order valence-electron chi connectivity index (χ4n) is 2.72. The lowest BCUT2D eigenvalue weighted by Crippen LogP contribution is -2.40. The van der Waals surface area contributed by atoms with E-state index in [4.69, 9.17) is 0 Å². The molecule has 1 aromatic carbocycles. The number of alkyl halides is 3. The summed E-state index contributed by atoms with van der Waals surface area (Å²) >= 11 is 1.35. The van der Waals surface area contributed by atoms with Gasteiger partial charge in [-0.2, -0.15) is 13.2 Å². The van der Waals surface area contributed by atoms with Crippen molar-refractivity contribution in [1.82, 2.24) is 15.6 Å². The van der Waals surface area contributed by atoms with E-state index in [2.05, 4.69) is 15.6 Å². The Morgan fingerprint density at radius 1 is 1.32 bits per heavy atom. The molecule has 1 aromatic heterocycles. The van der Waals surface area contributed by atoms with Crippen molar-refractivity contribution in [2.24, 2.45) is 5.92 Å². The van der Waals surface area contributed by atoms with E-state index in [1.54, 1.807) is 0 Å². The minimum absolute atomic E-state index is 0.0104. The molecule has 0 aliphatic carbocycles. The van der Waals surface area contributed by atoms with E-state index in [0.29, 0.717) is 29.4 Å². The molecule has 2 heterocycles. The van der Waals surface area contributed by atoms with Gasteiger partial charge < -0.3 is 10.6 Å². The van der Waals surface area contributed by atoms with Gasteiger partial charge in [0.15, 0.2) is 0 Å². The minimum Gasteiger partial charge on any atom is -0.350 e. The zero-order valence-electron chi connectivity index (χ0n) is 13.4. The van der Waals surface area contributed by atoms with Gasteiger partial charge in [0.1, 0.15) is 5.01 Å². The fourth-order valence-corrected chi connectivity index (χ4v) is 3.55. The third kappa shape index (κ3) is 4.58. The molecule has 0 saturated carbocycles. The predicted molar refractivity (Wildman–Crippen MR) is 90.0 cm³/mol. The molecule has 25 heavy (non-hydrogen) atoms. The van der Waals surface area contributed by atoms with Gasteiger partial charge in [0.05, 0.1) is 23.7 Å². The van der Waals surface area contributed by atoms with Crippen molar-refractivity contribution >= 4 is 17.2 Å². The molecule has 134 valence electrons. The fraction of sp³-hybridized carbons (Fsp3) is 0.412. The number of thiazole rings is 1. The van der Waals surface area contributed by atoms with Gasteiger partial charge in [-0.3, -0.25) is 4.79 Å². The van der Waals surface area contributed by atoms with E-state index in [0.717, 1.165) is 31.5 Å². The van der Waals surface area contributed by atoms with Gasteiger partial charge in [-0.05, 0) is 31.5 Å². The number of rotatable bonds is 4. The highest BCUT2D eigenvalue weighted by Gasteiger charge is 2.30. The summed E-state index contributed by atoms with van der Waals surface area (Å²) in [6, 6.07) is 4.93. The molecule has 0 radical (unpaired) electrons. The van der Waals surface area contributed by atoms with Crippen LogP contribution in [0.5, 0.6) is 0 Å². The molecular formula is C17H18F3N3OS. The van der Waals surface area contributed by atoms with Crippen molar-refractivity contribution in [3.8, 4) is 10.6 Å². The normalized spacial score (nSPS) is 18.1. The van der Waals surface area contributed by atoms with E-state index >= 15 is 0 Å². The number of halogens is 3. The Balaban J connectivity index is 1.59. The lowest BCUT2D eigenvalue weighted by molar-refractivity contribution is -0.137. The van der Waals surface area contributed by atoms with Crippen LogP contribution in [-0.4, -0.2) is 24.0 Å². The highest BCUT2D eigenvalue weighted by atomic mass is 32.1. The van der Waals surface area contributed by atoms with Crippen LogP contribution in [0.15, 0.2) is 29.6 Å². The van der Waals surface area contributed by atoms with E-state index in [9.17, 15) is 18.0 Å². The number of nitrogens with one attached hydrogen (secondary N) is 2. The summed E-state index contributed by atoms with van der Waals surface area (Å²) in [6.07, 6.45) is -2.47. The first-order valence-electron chi connectivity index (χ1n) is 8.04. The van der Waals surface area contributed by atoms with E-state index in [-0.39, 0.29) is 11.8 Å². The molecule has 1 aliphatic heterocycles. The van der Waals surface area contributed by atoms with Crippen LogP contribution in [0.3, 0.4) is 0 Å². The van der Waals surface area contributed by atoms with Crippen molar-refractivity contribution in [2.45, 2.75) is 25.6 Å². The molecule has 0 spiro atoms. The standard InChI is InChI=1S/C17H18F3N3OS/c18-17(19,20)13-5-3-11(4-6-13)16-23-14(10-25-16)9-22-15(24)12-2-1-7-21-8-12/h3-6,10,12,21H,1-2,7-9H2,(H,22,24). The van der Waals surface area contributed by atoms with Gasteiger partial charge in [0.25, 0.3) is 0 Å². The number of nitrogens with zero attached hydrogens (tertiary/aromatic N) is 1. The average Bonchev–Trinajstić information content (AvgIpc) is 3.09. The van der Waals surface area contributed by atoms with Crippen molar-refractivity contribution in [3.63, 3.8) is 0 Å². The third-order valence-corrected chi connectivity index (χ3v) is 5.06. The first kappa shape index (κ1) is 17.9. The van der Waals surface area contributed by atoms with Gasteiger partial charge in [-0.15, -0.1) is 11.3 Å². The van der Waals surface area contributed by atoms with Crippen molar-refractivity contribution in [3.05, 3.63) is 40.9 Å². The molecule has 1 saturated heterocycles. The lowest BCUT2D eigenvalue weighted by atomic mass is 9.99. The smallest absolute Gasteiger partial charge is 0.350 e. The first-order valence-corrected chi connectivity index (χ1v) is 8.92. The Morgan fingerprint density at radius 3 is 2.72 bits per heavy atom. The summed E-state index contributed by atoms with van der Waals surface area (Å²) in [5, 5.41) is 8.53. The Kier molecular flexibility index (Phi) is 5.39. The second-order valence-corrected chi connectivity index (χ2v) is 6.84. The molecule has 2 aromatic rings. The summed E-state index contributed by atoms with van der Waals surface area (Å²) < 4.78 is 37.8. The summed E-state index contributed by atoms with van der Waals surface area (Å²) in [7, 11) is 0. The molecule has 3 rings (SSSR count). The number of carbonyl (C=O) groups excluding carboxylic acids is 1. The second-order valence-electron chi connectivity index (χ2n) is 5.98. The van der Waals surface area contributed by atoms with Crippen molar-refractivity contribution < 1.29 is 18.0 Å². The lowest BCUT2D eigenvalue weighted by Gasteiger charge is -2.21. The van der Waals surface area contributed by atoms with E-state index in [1.807, 2.05) is 5.38 Å². The molecular weight excluding hydrogens is 351 g/mol. The van der Waals surface area contributed by atoms with Crippen LogP contribution in [-0.2, 0) is 17.5 Å². The van der Waals surface area contributed by atoms with Crippen LogP contribution >= 0.6 is 11.3 Å². The monoisotopic (exact) mass is 369 g/mol. The Hall–Kier alpha value is -1.93. The van der Waals surface area contributed by atoms with Crippen LogP contribution in [0.2, 0.25) is 0 Å². The Bertz CT molecular complexity index is 721. The van der Waals surface area contributed by atoms with Crippen molar-refractivity contribution in [2.75, 3.05) is 13.1 Å². The van der Waals surface area contributed by atoms with Gasteiger partial charge in [0.2, 0.25) is 5.91 Å². The van der Waals surface area contributed by atoms with Crippen LogP contribution in [0.1, 0.15) is 24.1 Å². The molecule has 1 aliphatic rings. The minimum atomic E-state index is -4.34. The van der Waals surface area contributed by atoms with Crippen molar-refractivity contribution in [1.29, 1.82) is 0 Å². The maximum atomic E-state index is 12.6. The molecule has 1 atom stereocenters.